The maximum atomic E-state index is 11.5. The highest BCUT2D eigenvalue weighted by Crippen LogP contribution is 2.08. The standard InChI is InChI=1S/C9H18N6O/c1-3-9(10,4-2)6-11-8(16)5-15-7-12-13-14-15/h7H,3-6,10H2,1-2H3,(H,11,16). The number of hydrogen-bond donors (Lipinski definition) is 2. The van der Waals surface area contributed by atoms with Crippen LogP contribution in [0.3, 0.4) is 0 Å². The summed E-state index contributed by atoms with van der Waals surface area (Å²) >= 11 is 0. The van der Waals surface area contributed by atoms with Gasteiger partial charge in [-0.1, -0.05) is 13.8 Å². The number of nitrogens with one attached hydrogen (secondary N) is 1. The number of amides is 1. The van der Waals surface area contributed by atoms with Gasteiger partial charge in [0.2, 0.25) is 5.91 Å². The van der Waals surface area contributed by atoms with Gasteiger partial charge >= 0.3 is 0 Å². The first-order chi connectivity index (χ1) is 7.59. The highest BCUT2D eigenvalue weighted by Gasteiger charge is 2.20. The van der Waals surface area contributed by atoms with Crippen LogP contribution in [0.25, 0.3) is 0 Å². The summed E-state index contributed by atoms with van der Waals surface area (Å²) in [5.74, 6) is -0.135. The third-order valence-corrected chi connectivity index (χ3v) is 2.74. The summed E-state index contributed by atoms with van der Waals surface area (Å²) in [5.41, 5.74) is 5.73. The lowest BCUT2D eigenvalue weighted by molar-refractivity contribution is -0.122. The number of carbonyl (C=O) groups excluding carboxylic acids is 1. The zero-order chi connectivity index (χ0) is 12.0. The number of rotatable bonds is 6. The topological polar surface area (TPSA) is 98.7 Å². The Kier molecular flexibility index (Phi) is 4.36. The Hall–Kier alpha value is -1.50. The highest BCUT2D eigenvalue weighted by molar-refractivity contribution is 5.75. The summed E-state index contributed by atoms with van der Waals surface area (Å²) in [4.78, 5) is 11.5. The number of tetrazole rings is 1. The van der Waals surface area contributed by atoms with Gasteiger partial charge in [0, 0.05) is 12.1 Å². The zero-order valence-corrected chi connectivity index (χ0v) is 9.68. The lowest BCUT2D eigenvalue weighted by atomic mass is 9.94. The molecule has 0 aliphatic heterocycles. The van der Waals surface area contributed by atoms with Crippen LogP contribution < -0.4 is 11.1 Å². The smallest absolute Gasteiger partial charge is 0.241 e. The third kappa shape index (κ3) is 3.58. The van der Waals surface area contributed by atoms with Crippen LogP contribution in [-0.4, -0.2) is 38.2 Å². The first kappa shape index (κ1) is 12.6. The molecule has 0 fully saturated rings. The molecule has 1 amide bonds. The molecule has 0 spiro atoms. The van der Waals surface area contributed by atoms with Gasteiger partial charge in [0.1, 0.15) is 12.9 Å². The molecule has 7 heteroatoms. The Balaban J connectivity index is 2.35. The molecule has 7 nitrogen and oxygen atoms in total. The van der Waals surface area contributed by atoms with E-state index in [9.17, 15) is 4.79 Å². The quantitative estimate of drug-likeness (QED) is 0.668. The van der Waals surface area contributed by atoms with Gasteiger partial charge < -0.3 is 11.1 Å². The number of carbonyl (C=O) groups is 1. The van der Waals surface area contributed by atoms with Gasteiger partial charge in [0.05, 0.1) is 0 Å². The summed E-state index contributed by atoms with van der Waals surface area (Å²) in [6, 6.07) is 0. The molecule has 90 valence electrons. The van der Waals surface area contributed by atoms with E-state index >= 15 is 0 Å². The Labute approximate surface area is 94.4 Å². The molecule has 1 heterocycles. The van der Waals surface area contributed by atoms with Crippen LogP contribution in [0.2, 0.25) is 0 Å². The molecule has 0 aromatic carbocycles. The van der Waals surface area contributed by atoms with Crippen molar-refractivity contribution in [3.05, 3.63) is 6.33 Å². The number of hydrogen-bond acceptors (Lipinski definition) is 5. The fourth-order valence-electron chi connectivity index (χ4n) is 1.23. The fraction of sp³-hybridized carbons (Fsp3) is 0.778. The Morgan fingerprint density at radius 1 is 1.50 bits per heavy atom. The second-order valence-corrected chi connectivity index (χ2v) is 3.85. The molecule has 0 radical (unpaired) electrons. The molecule has 0 aliphatic rings. The van der Waals surface area contributed by atoms with Gasteiger partial charge in [-0.25, -0.2) is 4.68 Å². The van der Waals surface area contributed by atoms with Crippen molar-refractivity contribution in [1.29, 1.82) is 0 Å². The van der Waals surface area contributed by atoms with Crippen molar-refractivity contribution in [3.63, 3.8) is 0 Å². The lowest BCUT2D eigenvalue weighted by Crippen LogP contribution is -2.49. The van der Waals surface area contributed by atoms with Gasteiger partial charge in [0.15, 0.2) is 0 Å². The summed E-state index contributed by atoms with van der Waals surface area (Å²) in [6.07, 6.45) is 3.05. The fourth-order valence-corrected chi connectivity index (χ4v) is 1.23. The Morgan fingerprint density at radius 2 is 2.19 bits per heavy atom. The van der Waals surface area contributed by atoms with E-state index in [0.717, 1.165) is 12.8 Å². The van der Waals surface area contributed by atoms with Crippen molar-refractivity contribution in [2.75, 3.05) is 6.54 Å². The van der Waals surface area contributed by atoms with Crippen molar-refractivity contribution in [2.24, 2.45) is 5.73 Å². The average molecular weight is 226 g/mol. The van der Waals surface area contributed by atoms with Crippen LogP contribution in [0.4, 0.5) is 0 Å². The SMILES string of the molecule is CCC(N)(CC)CNC(=O)Cn1cnnn1. The van der Waals surface area contributed by atoms with Crippen molar-refractivity contribution in [2.45, 2.75) is 38.8 Å². The van der Waals surface area contributed by atoms with E-state index < -0.39 is 0 Å². The van der Waals surface area contributed by atoms with Crippen molar-refractivity contribution in [3.8, 4) is 0 Å². The van der Waals surface area contributed by atoms with Crippen LogP contribution in [0.15, 0.2) is 6.33 Å². The molecular weight excluding hydrogens is 208 g/mol. The van der Waals surface area contributed by atoms with E-state index in [1.165, 1.54) is 11.0 Å². The predicted octanol–water partition coefficient (Wildman–Crippen LogP) is -0.693. The molecular formula is C9H18N6O. The first-order valence-electron chi connectivity index (χ1n) is 5.36. The predicted molar refractivity (Wildman–Crippen MR) is 58.3 cm³/mol. The minimum absolute atomic E-state index is 0.122. The zero-order valence-electron chi connectivity index (χ0n) is 9.68. The molecule has 0 saturated carbocycles. The largest absolute Gasteiger partial charge is 0.353 e. The van der Waals surface area contributed by atoms with Gasteiger partial charge in [-0.3, -0.25) is 4.79 Å². The van der Waals surface area contributed by atoms with Gasteiger partial charge in [-0.2, -0.15) is 0 Å². The second-order valence-electron chi connectivity index (χ2n) is 3.85. The van der Waals surface area contributed by atoms with Crippen molar-refractivity contribution >= 4 is 5.91 Å². The summed E-state index contributed by atoms with van der Waals surface area (Å²) in [6.45, 7) is 4.62. The molecule has 0 unspecified atom stereocenters. The lowest BCUT2D eigenvalue weighted by Gasteiger charge is -2.26. The van der Waals surface area contributed by atoms with E-state index in [4.69, 9.17) is 5.73 Å². The second kappa shape index (κ2) is 5.55. The average Bonchev–Trinajstić information content (AvgIpc) is 2.79. The number of nitrogens with zero attached hydrogens (tertiary/aromatic N) is 4. The third-order valence-electron chi connectivity index (χ3n) is 2.74. The molecule has 0 bridgehead atoms. The molecule has 3 N–H and O–H groups in total. The Morgan fingerprint density at radius 3 is 2.69 bits per heavy atom. The molecule has 0 saturated heterocycles. The van der Waals surface area contributed by atoms with E-state index in [2.05, 4.69) is 20.8 Å². The monoisotopic (exact) mass is 226 g/mol. The van der Waals surface area contributed by atoms with E-state index in [0.29, 0.717) is 6.54 Å². The molecule has 1 rings (SSSR count). The maximum Gasteiger partial charge on any atom is 0.241 e. The Bertz CT molecular complexity index is 319. The van der Waals surface area contributed by atoms with Gasteiger partial charge in [0.25, 0.3) is 0 Å². The molecule has 0 aliphatic carbocycles. The van der Waals surface area contributed by atoms with E-state index in [1.54, 1.807) is 0 Å². The summed E-state index contributed by atoms with van der Waals surface area (Å²) < 4.78 is 1.37. The summed E-state index contributed by atoms with van der Waals surface area (Å²) in [5, 5.41) is 13.3. The first-order valence-corrected chi connectivity index (χ1v) is 5.36. The van der Waals surface area contributed by atoms with Gasteiger partial charge in [-0.05, 0) is 23.3 Å². The normalized spacial score (nSPS) is 11.4. The van der Waals surface area contributed by atoms with Crippen molar-refractivity contribution in [1.82, 2.24) is 25.5 Å². The maximum absolute atomic E-state index is 11.5. The number of nitrogens with two attached hydrogens (primary N) is 1. The minimum Gasteiger partial charge on any atom is -0.353 e. The molecule has 0 atom stereocenters. The van der Waals surface area contributed by atoms with Crippen LogP contribution >= 0.6 is 0 Å². The highest BCUT2D eigenvalue weighted by atomic mass is 16.2. The molecule has 1 aromatic rings. The minimum atomic E-state index is -0.323. The van der Waals surface area contributed by atoms with Crippen molar-refractivity contribution < 1.29 is 4.79 Å². The van der Waals surface area contributed by atoms with Crippen LogP contribution in [0.5, 0.6) is 0 Å². The van der Waals surface area contributed by atoms with Crippen LogP contribution in [-0.2, 0) is 11.3 Å². The van der Waals surface area contributed by atoms with E-state index in [1.807, 2.05) is 13.8 Å². The van der Waals surface area contributed by atoms with Crippen LogP contribution in [0, 0.1) is 0 Å². The summed E-state index contributed by atoms with van der Waals surface area (Å²) in [7, 11) is 0. The van der Waals surface area contributed by atoms with Gasteiger partial charge in [-0.15, -0.1) is 5.10 Å². The van der Waals surface area contributed by atoms with Crippen LogP contribution in [0.1, 0.15) is 26.7 Å². The number of aromatic nitrogens is 4. The molecule has 1 aromatic heterocycles. The van der Waals surface area contributed by atoms with E-state index in [-0.39, 0.29) is 18.0 Å². The molecule has 16 heavy (non-hydrogen) atoms.